The van der Waals surface area contributed by atoms with Gasteiger partial charge in [0.25, 0.3) is 5.91 Å². The van der Waals surface area contributed by atoms with Crippen molar-refractivity contribution in [1.29, 1.82) is 0 Å². The van der Waals surface area contributed by atoms with E-state index in [2.05, 4.69) is 26.6 Å². The number of benzene rings is 1. The highest BCUT2D eigenvalue weighted by molar-refractivity contribution is 9.10. The van der Waals surface area contributed by atoms with Crippen LogP contribution in [0.15, 0.2) is 16.6 Å². The second kappa shape index (κ2) is 6.80. The summed E-state index contributed by atoms with van der Waals surface area (Å²) in [5.41, 5.74) is -0.110. The third-order valence-corrected chi connectivity index (χ3v) is 5.22. The molecule has 1 aliphatic heterocycles. The maximum atomic E-state index is 13.7. The van der Waals surface area contributed by atoms with Crippen LogP contribution in [-0.4, -0.2) is 31.1 Å². The van der Waals surface area contributed by atoms with E-state index >= 15 is 0 Å². The van der Waals surface area contributed by atoms with Crippen molar-refractivity contribution >= 4 is 33.4 Å². The van der Waals surface area contributed by atoms with Crippen molar-refractivity contribution in [2.75, 3.05) is 18.5 Å². The zero-order valence-corrected chi connectivity index (χ0v) is 15.0. The summed E-state index contributed by atoms with van der Waals surface area (Å²) in [6.45, 7) is 2.94. The summed E-state index contributed by atoms with van der Waals surface area (Å²) in [5, 5.41) is 5.65. The highest BCUT2D eigenvalue weighted by atomic mass is 79.9. The highest BCUT2D eigenvalue weighted by Crippen LogP contribution is 2.34. The molecule has 2 aliphatic rings. The Labute approximate surface area is 148 Å². The van der Waals surface area contributed by atoms with Crippen molar-refractivity contribution in [2.45, 2.75) is 38.6 Å². The van der Waals surface area contributed by atoms with Crippen molar-refractivity contribution in [1.82, 2.24) is 5.32 Å². The average Bonchev–Trinajstić information content (AvgIpc) is 3.34. The van der Waals surface area contributed by atoms with Gasteiger partial charge in [0.15, 0.2) is 0 Å². The number of hydrogen-bond donors (Lipinski definition) is 2. The van der Waals surface area contributed by atoms with Crippen LogP contribution in [0, 0.1) is 11.2 Å². The van der Waals surface area contributed by atoms with Crippen LogP contribution in [0.25, 0.3) is 0 Å². The van der Waals surface area contributed by atoms with Gasteiger partial charge in [0.2, 0.25) is 5.91 Å². The van der Waals surface area contributed by atoms with Crippen molar-refractivity contribution in [3.05, 3.63) is 28.0 Å². The van der Waals surface area contributed by atoms with Crippen LogP contribution in [0.2, 0.25) is 0 Å². The third kappa shape index (κ3) is 3.78. The van der Waals surface area contributed by atoms with E-state index in [0.29, 0.717) is 36.2 Å². The number of amides is 2. The Bertz CT molecular complexity index is 670. The molecule has 0 atom stereocenters. The summed E-state index contributed by atoms with van der Waals surface area (Å²) in [6.07, 6.45) is 3.09. The predicted molar refractivity (Wildman–Crippen MR) is 91.4 cm³/mol. The fourth-order valence-electron chi connectivity index (χ4n) is 2.68. The van der Waals surface area contributed by atoms with Gasteiger partial charge in [-0.25, -0.2) is 4.39 Å². The fourth-order valence-corrected chi connectivity index (χ4v) is 3.22. The lowest BCUT2D eigenvalue weighted by Gasteiger charge is -2.32. The van der Waals surface area contributed by atoms with Gasteiger partial charge in [0.1, 0.15) is 5.82 Å². The van der Waals surface area contributed by atoms with E-state index in [1.54, 1.807) is 0 Å². The molecule has 0 unspecified atom stereocenters. The van der Waals surface area contributed by atoms with Crippen molar-refractivity contribution in [3.8, 4) is 0 Å². The minimum atomic E-state index is -0.559. The Morgan fingerprint density at radius 2 is 1.96 bits per heavy atom. The number of carbonyl (C=O) groups excluding carboxylic acids is 2. The molecule has 1 saturated carbocycles. The van der Waals surface area contributed by atoms with Crippen LogP contribution in [0.1, 0.15) is 43.0 Å². The molecule has 7 heteroatoms. The Morgan fingerprint density at radius 1 is 1.29 bits per heavy atom. The lowest BCUT2D eigenvalue weighted by molar-refractivity contribution is -0.129. The quantitative estimate of drug-likeness (QED) is 0.817. The molecule has 0 bridgehead atoms. The van der Waals surface area contributed by atoms with E-state index in [0.717, 1.165) is 18.9 Å². The maximum absolute atomic E-state index is 13.7. The van der Waals surface area contributed by atoms with Gasteiger partial charge < -0.3 is 15.4 Å². The maximum Gasteiger partial charge on any atom is 0.253 e. The number of rotatable bonds is 4. The molecule has 1 aromatic rings. The van der Waals surface area contributed by atoms with E-state index in [9.17, 15) is 14.0 Å². The molecular formula is C17H20BrFN2O3. The molecule has 5 nitrogen and oxygen atoms in total. The van der Waals surface area contributed by atoms with Gasteiger partial charge in [-0.1, -0.05) is 6.92 Å². The van der Waals surface area contributed by atoms with Gasteiger partial charge in [0.05, 0.1) is 16.7 Å². The van der Waals surface area contributed by atoms with Gasteiger partial charge in [-0.05, 0) is 53.7 Å². The summed E-state index contributed by atoms with van der Waals surface area (Å²) in [5.74, 6) is -1.08. The van der Waals surface area contributed by atoms with Crippen LogP contribution in [0.4, 0.5) is 10.1 Å². The molecule has 3 rings (SSSR count). The van der Waals surface area contributed by atoms with Crippen molar-refractivity contribution < 1.29 is 18.7 Å². The zero-order chi connectivity index (χ0) is 17.3. The smallest absolute Gasteiger partial charge is 0.253 e. The predicted octanol–water partition coefficient (Wildman–Crippen LogP) is 3.24. The molecule has 2 fully saturated rings. The highest BCUT2D eigenvalue weighted by Gasteiger charge is 2.36. The first-order chi connectivity index (χ1) is 11.4. The Hall–Kier alpha value is -1.47. The van der Waals surface area contributed by atoms with E-state index < -0.39 is 11.2 Å². The van der Waals surface area contributed by atoms with Gasteiger partial charge in [-0.15, -0.1) is 0 Å². The first kappa shape index (κ1) is 17.4. The number of nitrogens with one attached hydrogen (secondary N) is 2. The molecule has 0 aromatic heterocycles. The second-order valence-corrected chi connectivity index (χ2v) is 7.54. The number of hydrogen-bond acceptors (Lipinski definition) is 3. The minimum Gasteiger partial charge on any atom is -0.381 e. The first-order valence-electron chi connectivity index (χ1n) is 8.08. The second-order valence-electron chi connectivity index (χ2n) is 6.69. The number of halogens is 2. The van der Waals surface area contributed by atoms with E-state index in [-0.39, 0.29) is 23.4 Å². The first-order valence-corrected chi connectivity index (χ1v) is 8.87. The molecule has 1 saturated heterocycles. The number of ether oxygens (including phenoxy) is 1. The normalized spacial score (nSPS) is 19.6. The van der Waals surface area contributed by atoms with Gasteiger partial charge in [-0.3, -0.25) is 9.59 Å². The van der Waals surface area contributed by atoms with E-state index in [1.165, 1.54) is 6.07 Å². The summed E-state index contributed by atoms with van der Waals surface area (Å²) in [7, 11) is 0. The zero-order valence-electron chi connectivity index (χ0n) is 13.5. The summed E-state index contributed by atoms with van der Waals surface area (Å²) in [6, 6.07) is 2.55. The standard InChI is InChI=1S/C17H20BrFN2O3/c1-17(4-6-24-7-5-17)16(23)21-14-12(8-10(19)9-13(14)18)15(22)20-11-2-3-11/h8-9,11H,2-7H2,1H3,(H,20,22)(H,21,23). The molecule has 24 heavy (non-hydrogen) atoms. The van der Waals surface area contributed by atoms with Crippen LogP contribution >= 0.6 is 15.9 Å². The topological polar surface area (TPSA) is 67.4 Å². The van der Waals surface area contributed by atoms with Crippen molar-refractivity contribution in [2.24, 2.45) is 5.41 Å². The minimum absolute atomic E-state index is 0.137. The molecule has 2 N–H and O–H groups in total. The molecule has 1 aromatic carbocycles. The largest absolute Gasteiger partial charge is 0.381 e. The summed E-state index contributed by atoms with van der Waals surface area (Å²) >= 11 is 3.26. The Kier molecular flexibility index (Phi) is 4.92. The number of anilines is 1. The van der Waals surface area contributed by atoms with Crippen LogP contribution in [0.3, 0.4) is 0 Å². The molecular weight excluding hydrogens is 379 g/mol. The molecule has 1 heterocycles. The molecule has 0 radical (unpaired) electrons. The van der Waals surface area contributed by atoms with Gasteiger partial charge in [0, 0.05) is 23.7 Å². The number of carbonyl (C=O) groups is 2. The Balaban J connectivity index is 1.85. The molecule has 0 spiro atoms. The monoisotopic (exact) mass is 398 g/mol. The van der Waals surface area contributed by atoms with E-state index in [1.807, 2.05) is 6.92 Å². The van der Waals surface area contributed by atoms with Crippen LogP contribution in [0.5, 0.6) is 0 Å². The summed E-state index contributed by atoms with van der Waals surface area (Å²) < 4.78 is 19.4. The summed E-state index contributed by atoms with van der Waals surface area (Å²) in [4.78, 5) is 25.1. The van der Waals surface area contributed by atoms with Crippen molar-refractivity contribution in [3.63, 3.8) is 0 Å². The fraction of sp³-hybridized carbons (Fsp3) is 0.529. The van der Waals surface area contributed by atoms with Crippen LogP contribution < -0.4 is 10.6 Å². The van der Waals surface area contributed by atoms with Gasteiger partial charge in [-0.2, -0.15) is 0 Å². The molecule has 1 aliphatic carbocycles. The lowest BCUT2D eigenvalue weighted by atomic mass is 9.81. The molecule has 2 amide bonds. The molecule has 130 valence electrons. The van der Waals surface area contributed by atoms with E-state index in [4.69, 9.17) is 4.74 Å². The average molecular weight is 399 g/mol. The van der Waals surface area contributed by atoms with Gasteiger partial charge >= 0.3 is 0 Å². The lowest BCUT2D eigenvalue weighted by Crippen LogP contribution is -2.39. The Morgan fingerprint density at radius 3 is 2.58 bits per heavy atom. The SMILES string of the molecule is CC1(C(=O)Nc2c(Br)cc(F)cc2C(=O)NC2CC2)CCOCC1. The third-order valence-electron chi connectivity index (χ3n) is 4.60. The van der Waals surface area contributed by atoms with Crippen LogP contribution in [-0.2, 0) is 9.53 Å².